The van der Waals surface area contributed by atoms with Crippen LogP contribution in [0.1, 0.15) is 27.6 Å². The number of hydrogen-bond donors (Lipinski definition) is 2. The van der Waals surface area contributed by atoms with E-state index >= 15 is 0 Å². The Labute approximate surface area is 228 Å². The van der Waals surface area contributed by atoms with E-state index in [0.717, 1.165) is 0 Å². The zero-order chi connectivity index (χ0) is 27.8. The maximum absolute atomic E-state index is 13.5. The van der Waals surface area contributed by atoms with Crippen molar-refractivity contribution < 1.29 is 23.5 Å². The molecular weight excluding hydrogens is 514 g/mol. The fraction of sp³-hybridized carbons (Fsp3) is 0.214. The Bertz CT molecular complexity index is 1710. The Hall–Kier alpha value is -5.26. The smallest absolute Gasteiger partial charge is 0.295 e. The van der Waals surface area contributed by atoms with E-state index in [-0.39, 0.29) is 30.6 Å². The van der Waals surface area contributed by atoms with E-state index in [2.05, 4.69) is 25.1 Å². The molecule has 1 saturated heterocycles. The van der Waals surface area contributed by atoms with E-state index in [1.807, 2.05) is 25.1 Å². The lowest BCUT2D eigenvalue weighted by Crippen LogP contribution is -2.56. The molecule has 2 N–H and O–H groups in total. The van der Waals surface area contributed by atoms with Gasteiger partial charge in [-0.15, -0.1) is 0 Å². The first-order chi connectivity index (χ1) is 19.5. The number of pyridine rings is 1. The first-order valence-corrected chi connectivity index (χ1v) is 12.6. The summed E-state index contributed by atoms with van der Waals surface area (Å²) in [7, 11) is 1.47. The third-order valence-electron chi connectivity index (χ3n) is 7.02. The maximum atomic E-state index is 13.5. The molecule has 0 saturated carbocycles. The van der Waals surface area contributed by atoms with Crippen LogP contribution in [-0.2, 0) is 4.79 Å². The van der Waals surface area contributed by atoms with E-state index in [0.29, 0.717) is 51.7 Å². The van der Waals surface area contributed by atoms with E-state index in [1.54, 1.807) is 23.1 Å². The average molecular weight is 540 g/mol. The third-order valence-corrected chi connectivity index (χ3v) is 7.02. The molecule has 1 fully saturated rings. The van der Waals surface area contributed by atoms with Crippen molar-refractivity contribution in [1.82, 2.24) is 34.9 Å². The fourth-order valence-corrected chi connectivity index (χ4v) is 4.97. The number of rotatable bonds is 6. The van der Waals surface area contributed by atoms with Crippen LogP contribution in [0.15, 0.2) is 65.7 Å². The molecule has 5 heterocycles. The second-order valence-electron chi connectivity index (χ2n) is 9.44. The number of aromatic nitrogens is 5. The van der Waals surface area contributed by atoms with Crippen molar-refractivity contribution in [3.8, 4) is 28.7 Å². The molecule has 40 heavy (non-hydrogen) atoms. The van der Waals surface area contributed by atoms with Crippen LogP contribution in [0.2, 0.25) is 0 Å². The van der Waals surface area contributed by atoms with Gasteiger partial charge in [0.1, 0.15) is 17.7 Å². The first-order valence-electron chi connectivity index (χ1n) is 12.6. The molecule has 0 bridgehead atoms. The van der Waals surface area contributed by atoms with Crippen LogP contribution in [0, 0.1) is 0 Å². The standard InChI is InChI=1S/C28H25N7O5/c1-16-14-34(9-10-35(16)27(37)17-6-4-3-5-7-17)28(38)24(36)19-12-29-22-21(19)20(39-2)13-30-23(22)26-31-25(32-33-26)18-8-11-40-15-18/h3-8,11-13,15-16,29H,9-10,14H2,1-2H3,(H,31,32,33)/t16-/m1/s1. The highest BCUT2D eigenvalue weighted by Gasteiger charge is 2.34. The zero-order valence-corrected chi connectivity index (χ0v) is 21.7. The molecule has 0 aliphatic carbocycles. The molecule has 2 amide bonds. The van der Waals surface area contributed by atoms with Gasteiger partial charge < -0.3 is 23.9 Å². The number of aromatic amines is 2. The molecule has 202 valence electrons. The first kappa shape index (κ1) is 25.0. The Morgan fingerprint density at radius 3 is 2.67 bits per heavy atom. The number of nitrogens with zero attached hydrogens (tertiary/aromatic N) is 5. The number of piperazine rings is 1. The maximum Gasteiger partial charge on any atom is 0.295 e. The molecule has 1 aliphatic heterocycles. The van der Waals surface area contributed by atoms with Crippen molar-refractivity contribution in [2.45, 2.75) is 13.0 Å². The van der Waals surface area contributed by atoms with Crippen LogP contribution >= 0.6 is 0 Å². The van der Waals surface area contributed by atoms with Crippen molar-refractivity contribution in [2.24, 2.45) is 0 Å². The second-order valence-corrected chi connectivity index (χ2v) is 9.44. The van der Waals surface area contributed by atoms with Crippen molar-refractivity contribution in [2.75, 3.05) is 26.7 Å². The van der Waals surface area contributed by atoms with E-state index in [9.17, 15) is 14.4 Å². The van der Waals surface area contributed by atoms with Crippen molar-refractivity contribution in [1.29, 1.82) is 0 Å². The number of carbonyl (C=O) groups excluding carboxylic acids is 3. The lowest BCUT2D eigenvalue weighted by Gasteiger charge is -2.39. The molecule has 6 rings (SSSR count). The summed E-state index contributed by atoms with van der Waals surface area (Å²) in [5, 5.41) is 7.50. The average Bonchev–Trinajstić information content (AvgIpc) is 3.77. The molecule has 1 aliphatic rings. The molecule has 12 nitrogen and oxygen atoms in total. The minimum atomic E-state index is -0.687. The SMILES string of the molecule is COc1cnc(-c2nc(-c3ccoc3)n[nH]2)c2[nH]cc(C(=O)C(=O)N3CCN(C(=O)c4ccccc4)[C@H](C)C3)c12. The summed E-state index contributed by atoms with van der Waals surface area (Å²) >= 11 is 0. The topological polar surface area (TPSA) is 150 Å². The quantitative estimate of drug-likeness (QED) is 0.247. The molecular formula is C28H25N7O5. The van der Waals surface area contributed by atoms with Gasteiger partial charge in [0.2, 0.25) is 0 Å². The van der Waals surface area contributed by atoms with Crippen molar-refractivity contribution in [3.05, 3.63) is 72.4 Å². The lowest BCUT2D eigenvalue weighted by molar-refractivity contribution is -0.128. The molecule has 5 aromatic rings. The highest BCUT2D eigenvalue weighted by molar-refractivity contribution is 6.45. The van der Waals surface area contributed by atoms with Crippen molar-refractivity contribution >= 4 is 28.5 Å². The Balaban J connectivity index is 1.25. The summed E-state index contributed by atoms with van der Waals surface area (Å²) in [6, 6.07) is 10.5. The van der Waals surface area contributed by atoms with Crippen LogP contribution in [-0.4, -0.2) is 85.3 Å². The normalized spacial score (nSPS) is 15.4. The van der Waals surface area contributed by atoms with Crippen molar-refractivity contribution in [3.63, 3.8) is 0 Å². The van der Waals surface area contributed by atoms with Gasteiger partial charge in [-0.25, -0.2) is 9.97 Å². The van der Waals surface area contributed by atoms with Crippen LogP contribution in [0.4, 0.5) is 0 Å². The Kier molecular flexibility index (Phi) is 6.34. The molecule has 1 aromatic carbocycles. The highest BCUT2D eigenvalue weighted by Crippen LogP contribution is 2.34. The number of ketones is 1. The van der Waals surface area contributed by atoms with Gasteiger partial charge in [0.25, 0.3) is 17.6 Å². The Morgan fingerprint density at radius 1 is 1.12 bits per heavy atom. The summed E-state index contributed by atoms with van der Waals surface area (Å²) in [6.45, 7) is 2.68. The fourth-order valence-electron chi connectivity index (χ4n) is 4.97. The number of H-pyrrole nitrogens is 2. The number of ether oxygens (including phenoxy) is 1. The van der Waals surface area contributed by atoms with Gasteiger partial charge in [0, 0.05) is 37.4 Å². The molecule has 0 spiro atoms. The molecule has 4 aromatic heterocycles. The number of amides is 2. The van der Waals surface area contributed by atoms with Gasteiger partial charge >= 0.3 is 0 Å². The monoisotopic (exact) mass is 539 g/mol. The number of nitrogens with one attached hydrogen (secondary N) is 2. The number of hydrogen-bond acceptors (Lipinski definition) is 8. The molecule has 1 atom stereocenters. The summed E-state index contributed by atoms with van der Waals surface area (Å²) < 4.78 is 10.6. The van der Waals surface area contributed by atoms with Crippen LogP contribution in [0.25, 0.3) is 33.8 Å². The zero-order valence-electron chi connectivity index (χ0n) is 21.7. The molecule has 0 radical (unpaired) electrons. The van der Waals surface area contributed by atoms with Crippen LogP contribution < -0.4 is 4.74 Å². The number of furan rings is 1. The van der Waals surface area contributed by atoms with Gasteiger partial charge in [0.05, 0.1) is 41.6 Å². The predicted octanol–water partition coefficient (Wildman–Crippen LogP) is 3.17. The second kappa shape index (κ2) is 10.1. The summed E-state index contributed by atoms with van der Waals surface area (Å²) in [5.41, 5.74) is 2.32. The van der Waals surface area contributed by atoms with Gasteiger partial charge in [-0.1, -0.05) is 18.2 Å². The third kappa shape index (κ3) is 4.28. The number of benzene rings is 1. The summed E-state index contributed by atoms with van der Waals surface area (Å²) in [5.74, 6) is -0.320. The molecule has 0 unspecified atom stereocenters. The lowest BCUT2D eigenvalue weighted by atomic mass is 10.1. The summed E-state index contributed by atoms with van der Waals surface area (Å²) in [4.78, 5) is 55.1. The Morgan fingerprint density at radius 2 is 1.95 bits per heavy atom. The van der Waals surface area contributed by atoms with Gasteiger partial charge in [-0.05, 0) is 25.1 Å². The van der Waals surface area contributed by atoms with E-state index in [1.165, 1.54) is 36.9 Å². The number of Topliss-reactive ketones (excluding diaryl/α,β-unsaturated/α-hetero) is 1. The van der Waals surface area contributed by atoms with Gasteiger partial charge in [-0.2, -0.15) is 5.10 Å². The van der Waals surface area contributed by atoms with E-state index < -0.39 is 11.7 Å². The minimum Gasteiger partial charge on any atom is -0.494 e. The highest BCUT2D eigenvalue weighted by atomic mass is 16.5. The predicted molar refractivity (Wildman–Crippen MR) is 144 cm³/mol. The number of fused-ring (bicyclic) bond motifs is 1. The van der Waals surface area contributed by atoms with Crippen LogP contribution in [0.5, 0.6) is 5.75 Å². The van der Waals surface area contributed by atoms with E-state index in [4.69, 9.17) is 9.15 Å². The largest absolute Gasteiger partial charge is 0.494 e. The van der Waals surface area contributed by atoms with Crippen LogP contribution in [0.3, 0.4) is 0 Å². The van der Waals surface area contributed by atoms with Gasteiger partial charge in [0.15, 0.2) is 11.6 Å². The van der Waals surface area contributed by atoms with Gasteiger partial charge in [-0.3, -0.25) is 19.5 Å². The number of methoxy groups -OCH3 is 1. The number of carbonyl (C=O) groups is 3. The minimum absolute atomic E-state index is 0.101. The molecule has 12 heteroatoms. The summed E-state index contributed by atoms with van der Waals surface area (Å²) in [6.07, 6.45) is 6.00.